The Bertz CT molecular complexity index is 531. The molecule has 0 N–H and O–H groups in total. The molecule has 0 aromatic carbocycles. The first-order chi connectivity index (χ1) is 9.08. The van der Waals surface area contributed by atoms with Gasteiger partial charge in [-0.05, 0) is 61.8 Å². The topological polar surface area (TPSA) is 41.8 Å². The van der Waals surface area contributed by atoms with E-state index in [2.05, 4.69) is 16.8 Å². The van der Waals surface area contributed by atoms with Gasteiger partial charge >= 0.3 is 0 Å². The lowest BCUT2D eigenvalue weighted by Crippen LogP contribution is -2.05. The summed E-state index contributed by atoms with van der Waals surface area (Å²) in [5, 5.41) is 8.10. The van der Waals surface area contributed by atoms with E-state index in [0.717, 1.165) is 22.4 Å². The van der Waals surface area contributed by atoms with Crippen LogP contribution in [0.4, 0.5) is 0 Å². The predicted octanol–water partition coefficient (Wildman–Crippen LogP) is 4.44. The summed E-state index contributed by atoms with van der Waals surface area (Å²) in [7, 11) is 0. The van der Waals surface area contributed by atoms with Gasteiger partial charge in [0, 0.05) is 0 Å². The zero-order valence-electron chi connectivity index (χ0n) is 11.6. The smallest absolute Gasteiger partial charge is 0.184 e. The molecule has 0 heterocycles. The summed E-state index contributed by atoms with van der Waals surface area (Å²) in [5.74, 6) is 0.0789. The van der Waals surface area contributed by atoms with Crippen LogP contribution in [0, 0.1) is 0 Å². The number of nitrogens with zero attached hydrogens (tertiary/aromatic N) is 2. The van der Waals surface area contributed by atoms with E-state index in [0.29, 0.717) is 0 Å². The van der Waals surface area contributed by atoms with E-state index < -0.39 is 0 Å². The molecule has 0 spiro atoms. The number of carbonyl (C=O) groups excluding carboxylic acids is 1. The second-order valence-electron chi connectivity index (χ2n) is 4.16. The second kappa shape index (κ2) is 7.21. The Balaban J connectivity index is 2.90. The third-order valence-corrected chi connectivity index (χ3v) is 2.49. The highest BCUT2D eigenvalue weighted by molar-refractivity contribution is 6.09. The molecule has 0 aromatic heterocycles. The summed E-state index contributed by atoms with van der Waals surface area (Å²) in [6.45, 7) is 9.13. The van der Waals surface area contributed by atoms with Crippen molar-refractivity contribution in [3.05, 3.63) is 71.7 Å². The van der Waals surface area contributed by atoms with Gasteiger partial charge in [-0.3, -0.25) is 4.79 Å². The summed E-state index contributed by atoms with van der Waals surface area (Å²) in [6, 6.07) is 0. The van der Waals surface area contributed by atoms with Crippen molar-refractivity contribution >= 4 is 5.78 Å². The number of hydrogen-bond acceptors (Lipinski definition) is 3. The van der Waals surface area contributed by atoms with Crippen LogP contribution < -0.4 is 0 Å². The third kappa shape index (κ3) is 4.47. The molecule has 19 heavy (non-hydrogen) atoms. The molecule has 0 amide bonds. The third-order valence-electron chi connectivity index (χ3n) is 2.49. The molecule has 3 heteroatoms. The van der Waals surface area contributed by atoms with Crippen molar-refractivity contribution in [2.24, 2.45) is 10.2 Å². The zero-order chi connectivity index (χ0) is 14.3. The molecule has 1 rings (SSSR count). The number of allylic oxidation sites excluding steroid dienone is 9. The molecule has 0 aliphatic heterocycles. The van der Waals surface area contributed by atoms with Crippen molar-refractivity contribution in [3.63, 3.8) is 0 Å². The monoisotopic (exact) mass is 254 g/mol. The van der Waals surface area contributed by atoms with E-state index >= 15 is 0 Å². The lowest BCUT2D eigenvalue weighted by Gasteiger charge is -2.07. The Hall–Kier alpha value is -2.29. The van der Waals surface area contributed by atoms with Gasteiger partial charge in [-0.2, -0.15) is 10.2 Å². The lowest BCUT2D eigenvalue weighted by atomic mass is 9.96. The first-order valence-corrected chi connectivity index (χ1v) is 6.06. The highest BCUT2D eigenvalue weighted by Crippen LogP contribution is 2.18. The second-order valence-corrected chi connectivity index (χ2v) is 4.16. The van der Waals surface area contributed by atoms with E-state index in [1.165, 1.54) is 0 Å². The molecule has 0 atom stereocenters. The lowest BCUT2D eigenvalue weighted by molar-refractivity contribution is -0.112. The molecule has 1 aliphatic carbocycles. The number of rotatable bonds is 4. The molecule has 0 fully saturated rings. The van der Waals surface area contributed by atoms with Crippen molar-refractivity contribution in [3.8, 4) is 0 Å². The van der Waals surface area contributed by atoms with Crippen LogP contribution >= 0.6 is 0 Å². The van der Waals surface area contributed by atoms with Gasteiger partial charge in [0.2, 0.25) is 0 Å². The fraction of sp³-hybridized carbons (Fsp3) is 0.188. The van der Waals surface area contributed by atoms with Crippen molar-refractivity contribution in [2.45, 2.75) is 20.8 Å². The maximum atomic E-state index is 11.6. The normalized spacial score (nSPS) is 16.9. The number of hydrogen-bond donors (Lipinski definition) is 0. The standard InChI is InChI=1S/C16H18N2O/c1-5-7-15(8-6-2)18-17-11-14-9-12(3)16(19)13(4)10-14/h5-11H,1H2,2-4H3/b8-6-,15-7+,18-17+. The maximum Gasteiger partial charge on any atom is 0.184 e. The molecule has 1 aliphatic rings. The fourth-order valence-electron chi connectivity index (χ4n) is 1.63. The van der Waals surface area contributed by atoms with Gasteiger partial charge in [0.25, 0.3) is 0 Å². The fourth-order valence-corrected chi connectivity index (χ4v) is 1.63. The van der Waals surface area contributed by atoms with Crippen molar-refractivity contribution in [1.29, 1.82) is 0 Å². The average molecular weight is 254 g/mol. The molecule has 98 valence electrons. The first-order valence-electron chi connectivity index (χ1n) is 6.06. The summed E-state index contributed by atoms with van der Waals surface area (Å²) in [6.07, 6.45) is 12.4. The predicted molar refractivity (Wildman–Crippen MR) is 78.6 cm³/mol. The Labute approximate surface area is 114 Å². The molecule has 3 nitrogen and oxygen atoms in total. The van der Waals surface area contributed by atoms with Gasteiger partial charge < -0.3 is 0 Å². The van der Waals surface area contributed by atoms with Crippen LogP contribution in [0.2, 0.25) is 0 Å². The van der Waals surface area contributed by atoms with E-state index in [1.54, 1.807) is 44.4 Å². The molecular weight excluding hydrogens is 236 g/mol. The Morgan fingerprint density at radius 3 is 2.42 bits per heavy atom. The SMILES string of the molecule is C=C/C=C(\C=C/C)/N=N/C=C1C=C(C)C(=O)C(C)=C1. The number of azo groups is 1. The average Bonchev–Trinajstić information content (AvgIpc) is 2.36. The van der Waals surface area contributed by atoms with Gasteiger partial charge in [-0.25, -0.2) is 0 Å². The zero-order valence-corrected chi connectivity index (χ0v) is 11.6. The molecule has 0 saturated heterocycles. The first kappa shape index (κ1) is 14.8. The minimum atomic E-state index is 0.0789. The highest BCUT2D eigenvalue weighted by atomic mass is 16.1. The quantitative estimate of drug-likeness (QED) is 0.540. The molecule has 0 aromatic rings. The maximum absolute atomic E-state index is 11.6. The summed E-state index contributed by atoms with van der Waals surface area (Å²) in [4.78, 5) is 11.6. The van der Waals surface area contributed by atoms with Crippen molar-refractivity contribution in [1.82, 2.24) is 0 Å². The minimum absolute atomic E-state index is 0.0789. The van der Waals surface area contributed by atoms with Crippen molar-refractivity contribution < 1.29 is 4.79 Å². The minimum Gasteiger partial charge on any atom is -0.289 e. The van der Waals surface area contributed by atoms with Crippen molar-refractivity contribution in [2.75, 3.05) is 0 Å². The van der Waals surface area contributed by atoms with Crippen LogP contribution in [0.25, 0.3) is 0 Å². The number of ketones is 1. The van der Waals surface area contributed by atoms with Crippen LogP contribution in [0.15, 0.2) is 81.9 Å². The largest absolute Gasteiger partial charge is 0.289 e. The van der Waals surface area contributed by atoms with Gasteiger partial charge in [-0.15, -0.1) is 0 Å². The van der Waals surface area contributed by atoms with E-state index in [1.807, 2.05) is 19.1 Å². The van der Waals surface area contributed by atoms with E-state index in [-0.39, 0.29) is 5.78 Å². The molecule has 0 saturated carbocycles. The van der Waals surface area contributed by atoms with Crippen LogP contribution in [-0.2, 0) is 4.79 Å². The van der Waals surface area contributed by atoms with Crippen LogP contribution in [0.5, 0.6) is 0 Å². The van der Waals surface area contributed by atoms with E-state index in [4.69, 9.17) is 0 Å². The Morgan fingerprint density at radius 1 is 1.26 bits per heavy atom. The number of carbonyl (C=O) groups is 1. The van der Waals surface area contributed by atoms with E-state index in [9.17, 15) is 4.79 Å². The van der Waals surface area contributed by atoms with Gasteiger partial charge in [-0.1, -0.05) is 18.7 Å². The number of Topliss-reactive ketones (excluding diaryl/α,β-unsaturated/α-hetero) is 1. The molecular formula is C16H18N2O. The van der Waals surface area contributed by atoms with Crippen LogP contribution in [0.3, 0.4) is 0 Å². The highest BCUT2D eigenvalue weighted by Gasteiger charge is 2.12. The summed E-state index contributed by atoms with van der Waals surface area (Å²) < 4.78 is 0. The molecule has 0 bridgehead atoms. The van der Waals surface area contributed by atoms with Gasteiger partial charge in [0.05, 0.1) is 11.9 Å². The Morgan fingerprint density at radius 2 is 1.89 bits per heavy atom. The molecule has 0 unspecified atom stereocenters. The van der Waals surface area contributed by atoms with Gasteiger partial charge in [0.15, 0.2) is 5.78 Å². The van der Waals surface area contributed by atoms with Crippen LogP contribution in [0.1, 0.15) is 20.8 Å². The Kier molecular flexibility index (Phi) is 5.61. The molecule has 0 radical (unpaired) electrons. The van der Waals surface area contributed by atoms with Gasteiger partial charge in [0.1, 0.15) is 0 Å². The summed E-state index contributed by atoms with van der Waals surface area (Å²) in [5.41, 5.74) is 3.04. The van der Waals surface area contributed by atoms with Crippen LogP contribution in [-0.4, -0.2) is 5.78 Å². The summed E-state index contributed by atoms with van der Waals surface area (Å²) >= 11 is 0.